The number of aromatic nitrogens is 2. The van der Waals surface area contributed by atoms with E-state index in [1.807, 2.05) is 6.07 Å². The first-order chi connectivity index (χ1) is 15.2. The van der Waals surface area contributed by atoms with Crippen LogP contribution in [0.4, 0.5) is 0 Å². The molecule has 0 aliphatic carbocycles. The van der Waals surface area contributed by atoms with Gasteiger partial charge >= 0.3 is 5.97 Å². The minimum atomic E-state index is -4.07. The van der Waals surface area contributed by atoms with Gasteiger partial charge in [0.05, 0.1) is 4.90 Å². The van der Waals surface area contributed by atoms with Crippen LogP contribution in [0.2, 0.25) is 0 Å². The Morgan fingerprint density at radius 3 is 2.62 bits per heavy atom. The summed E-state index contributed by atoms with van der Waals surface area (Å²) in [5.74, 6) is -0.922. The number of carboxylic acids is 1. The zero-order valence-electron chi connectivity index (χ0n) is 17.5. The first-order valence-corrected chi connectivity index (χ1v) is 11.2. The molecule has 0 unspecified atom stereocenters. The molecule has 4 aromatic rings. The number of sulfonamides is 1. The summed E-state index contributed by atoms with van der Waals surface area (Å²) in [5, 5.41) is 14.7. The van der Waals surface area contributed by atoms with Crippen molar-refractivity contribution in [2.75, 3.05) is 7.11 Å². The van der Waals surface area contributed by atoms with Crippen molar-refractivity contribution in [1.82, 2.24) is 14.9 Å². The molecule has 168 valence electrons. The number of hydrogen-bond acceptors (Lipinski definition) is 8. The lowest BCUT2D eigenvalue weighted by Gasteiger charge is -2.17. The SMILES string of the molecule is COCc1nc(-c2ccc3oc4cc(S(=O)(=O)N[C@H](C(=O)O)C(C)C)ccc4c3c2)no1. The Balaban J connectivity index is 1.72. The number of rotatable bonds is 8. The van der Waals surface area contributed by atoms with Gasteiger partial charge in [-0.3, -0.25) is 4.79 Å². The standard InChI is InChI=1S/C21H21N3O7S/c1-11(2)19(21(25)26)24-32(27,28)13-5-6-14-15-8-12(4-7-16(15)30-17(14)9-13)20-22-18(10-29-3)31-23-20/h4-9,11,19,24H,10H2,1-3H3,(H,25,26)/t19-/m0/s1. The average Bonchev–Trinajstić information content (AvgIpc) is 3.35. The molecule has 1 atom stereocenters. The van der Waals surface area contributed by atoms with Gasteiger partial charge in [0.2, 0.25) is 15.8 Å². The first kappa shape index (κ1) is 21.9. The number of hydrogen-bond donors (Lipinski definition) is 2. The highest BCUT2D eigenvalue weighted by atomic mass is 32.2. The van der Waals surface area contributed by atoms with Gasteiger partial charge in [0.15, 0.2) is 0 Å². The van der Waals surface area contributed by atoms with Crippen molar-refractivity contribution < 1.29 is 32.0 Å². The summed E-state index contributed by atoms with van der Waals surface area (Å²) in [4.78, 5) is 15.6. The second kappa shape index (κ2) is 8.34. The highest BCUT2D eigenvalue weighted by molar-refractivity contribution is 7.89. The van der Waals surface area contributed by atoms with Crippen molar-refractivity contribution in [3.63, 3.8) is 0 Å². The van der Waals surface area contributed by atoms with Crippen LogP contribution in [0.25, 0.3) is 33.3 Å². The number of nitrogens with zero attached hydrogens (tertiary/aromatic N) is 2. The van der Waals surface area contributed by atoms with Gasteiger partial charge in [0.25, 0.3) is 5.89 Å². The molecule has 2 aromatic carbocycles. The fourth-order valence-corrected chi connectivity index (χ4v) is 4.68. The Morgan fingerprint density at radius 2 is 1.94 bits per heavy atom. The summed E-state index contributed by atoms with van der Waals surface area (Å²) in [6.07, 6.45) is 0. The van der Waals surface area contributed by atoms with Gasteiger partial charge in [-0.1, -0.05) is 19.0 Å². The van der Waals surface area contributed by atoms with Crippen molar-refractivity contribution in [3.8, 4) is 11.4 Å². The van der Waals surface area contributed by atoms with Gasteiger partial charge in [-0.05, 0) is 36.2 Å². The Bertz CT molecular complexity index is 1410. The Morgan fingerprint density at radius 1 is 1.16 bits per heavy atom. The topological polar surface area (TPSA) is 145 Å². The molecule has 0 aliphatic heterocycles. The van der Waals surface area contributed by atoms with Crippen LogP contribution in [-0.4, -0.2) is 42.8 Å². The molecule has 0 saturated carbocycles. The predicted octanol–water partition coefficient (Wildman–Crippen LogP) is 3.17. The predicted molar refractivity (Wildman–Crippen MR) is 114 cm³/mol. The molecule has 0 aliphatic rings. The molecule has 32 heavy (non-hydrogen) atoms. The van der Waals surface area contributed by atoms with E-state index in [0.29, 0.717) is 33.8 Å². The third-order valence-electron chi connectivity index (χ3n) is 4.96. The van der Waals surface area contributed by atoms with Crippen molar-refractivity contribution in [2.24, 2.45) is 5.92 Å². The smallest absolute Gasteiger partial charge is 0.322 e. The van der Waals surface area contributed by atoms with Crippen LogP contribution >= 0.6 is 0 Å². The molecule has 4 rings (SSSR count). The lowest BCUT2D eigenvalue weighted by atomic mass is 10.1. The van der Waals surface area contributed by atoms with Gasteiger partial charge < -0.3 is 18.8 Å². The fraction of sp³-hybridized carbons (Fsp3) is 0.286. The molecule has 11 heteroatoms. The lowest BCUT2D eigenvalue weighted by Crippen LogP contribution is -2.44. The molecule has 0 spiro atoms. The Kier molecular flexibility index (Phi) is 5.71. The molecule has 0 amide bonds. The van der Waals surface area contributed by atoms with E-state index in [4.69, 9.17) is 13.7 Å². The molecule has 10 nitrogen and oxygen atoms in total. The molecule has 2 N–H and O–H groups in total. The highest BCUT2D eigenvalue weighted by Crippen LogP contribution is 2.33. The maximum atomic E-state index is 12.8. The number of ether oxygens (including phenoxy) is 1. The third kappa shape index (κ3) is 4.09. The monoisotopic (exact) mass is 459 g/mol. The van der Waals surface area contributed by atoms with Gasteiger partial charge in [0.1, 0.15) is 23.8 Å². The second-order valence-electron chi connectivity index (χ2n) is 7.60. The summed E-state index contributed by atoms with van der Waals surface area (Å²) in [6.45, 7) is 3.46. The molecule has 0 saturated heterocycles. The maximum Gasteiger partial charge on any atom is 0.322 e. The van der Waals surface area contributed by atoms with E-state index in [0.717, 1.165) is 5.39 Å². The number of aliphatic carboxylic acids is 1. The normalized spacial score (nSPS) is 13.2. The minimum Gasteiger partial charge on any atom is -0.480 e. The molecule has 0 radical (unpaired) electrons. The van der Waals surface area contributed by atoms with Crippen molar-refractivity contribution >= 4 is 37.9 Å². The van der Waals surface area contributed by atoms with Crippen molar-refractivity contribution in [3.05, 3.63) is 42.3 Å². The van der Waals surface area contributed by atoms with Crippen LogP contribution in [0.5, 0.6) is 0 Å². The van der Waals surface area contributed by atoms with E-state index >= 15 is 0 Å². The highest BCUT2D eigenvalue weighted by Gasteiger charge is 2.28. The molecule has 0 fully saturated rings. The van der Waals surface area contributed by atoms with Crippen LogP contribution in [0.1, 0.15) is 19.7 Å². The summed E-state index contributed by atoms with van der Waals surface area (Å²) in [6, 6.07) is 8.50. The maximum absolute atomic E-state index is 12.8. The lowest BCUT2D eigenvalue weighted by molar-refractivity contribution is -0.140. The number of nitrogens with one attached hydrogen (secondary N) is 1. The number of methoxy groups -OCH3 is 1. The second-order valence-corrected chi connectivity index (χ2v) is 9.31. The van der Waals surface area contributed by atoms with Gasteiger partial charge in [-0.2, -0.15) is 9.71 Å². The van der Waals surface area contributed by atoms with E-state index in [1.165, 1.54) is 19.2 Å². The zero-order chi connectivity index (χ0) is 23.0. The largest absolute Gasteiger partial charge is 0.480 e. The summed E-state index contributed by atoms with van der Waals surface area (Å²) in [7, 11) is -2.54. The average molecular weight is 459 g/mol. The van der Waals surface area contributed by atoms with E-state index in [2.05, 4.69) is 14.9 Å². The van der Waals surface area contributed by atoms with E-state index in [1.54, 1.807) is 32.0 Å². The molecule has 2 heterocycles. The Hall–Kier alpha value is -3.28. The quantitative estimate of drug-likeness (QED) is 0.406. The third-order valence-corrected chi connectivity index (χ3v) is 6.40. The van der Waals surface area contributed by atoms with E-state index in [9.17, 15) is 18.3 Å². The summed E-state index contributed by atoms with van der Waals surface area (Å²) in [5.41, 5.74) is 1.60. The van der Waals surface area contributed by atoms with E-state index in [-0.39, 0.29) is 11.5 Å². The fourth-order valence-electron chi connectivity index (χ4n) is 3.32. The molecular formula is C21H21N3O7S. The summed E-state index contributed by atoms with van der Waals surface area (Å²) >= 11 is 0. The zero-order valence-corrected chi connectivity index (χ0v) is 18.3. The number of furan rings is 1. The van der Waals surface area contributed by atoms with Crippen LogP contribution < -0.4 is 4.72 Å². The van der Waals surface area contributed by atoms with Gasteiger partial charge in [-0.15, -0.1) is 0 Å². The molecule has 2 aromatic heterocycles. The van der Waals surface area contributed by atoms with Crippen molar-refractivity contribution in [2.45, 2.75) is 31.4 Å². The van der Waals surface area contributed by atoms with Gasteiger partial charge in [-0.25, -0.2) is 8.42 Å². The number of carboxylic acid groups (broad SMARTS) is 1. The summed E-state index contributed by atoms with van der Waals surface area (Å²) < 4.78 is 43.7. The number of carbonyl (C=O) groups is 1. The van der Waals surface area contributed by atoms with Crippen LogP contribution in [0.15, 0.2) is 50.2 Å². The van der Waals surface area contributed by atoms with Gasteiger partial charge in [0, 0.05) is 29.5 Å². The number of fused-ring (bicyclic) bond motifs is 3. The number of benzene rings is 2. The molecular weight excluding hydrogens is 438 g/mol. The molecule has 0 bridgehead atoms. The van der Waals surface area contributed by atoms with Crippen molar-refractivity contribution in [1.29, 1.82) is 0 Å². The minimum absolute atomic E-state index is 0.0847. The first-order valence-electron chi connectivity index (χ1n) is 9.73. The van der Waals surface area contributed by atoms with Crippen LogP contribution in [0, 0.1) is 5.92 Å². The van der Waals surface area contributed by atoms with Crippen LogP contribution in [0.3, 0.4) is 0 Å². The Labute approximate surface area is 183 Å². The van der Waals surface area contributed by atoms with E-state index < -0.39 is 28.0 Å². The van der Waals surface area contributed by atoms with Crippen LogP contribution in [-0.2, 0) is 26.2 Å².